The van der Waals surface area contributed by atoms with E-state index in [1.165, 1.54) is 6.42 Å². The van der Waals surface area contributed by atoms with Gasteiger partial charge in [-0.1, -0.05) is 0 Å². The summed E-state index contributed by atoms with van der Waals surface area (Å²) in [5.74, 6) is 0.684. The van der Waals surface area contributed by atoms with Gasteiger partial charge in [0, 0.05) is 32.3 Å². The molecule has 2 fully saturated rings. The molecule has 3 unspecified atom stereocenters. The first kappa shape index (κ1) is 11.3. The van der Waals surface area contributed by atoms with Gasteiger partial charge in [-0.2, -0.15) is 0 Å². The van der Waals surface area contributed by atoms with E-state index in [1.54, 1.807) is 7.11 Å². The van der Waals surface area contributed by atoms with Gasteiger partial charge in [0.25, 0.3) is 0 Å². The van der Waals surface area contributed by atoms with Gasteiger partial charge in [0.05, 0.1) is 13.2 Å². The molecule has 4 nitrogen and oxygen atoms in total. The van der Waals surface area contributed by atoms with Crippen molar-refractivity contribution in [3.63, 3.8) is 0 Å². The number of hydrogen-bond acceptors (Lipinski definition) is 4. The van der Waals surface area contributed by atoms with Crippen LogP contribution in [0.3, 0.4) is 0 Å². The van der Waals surface area contributed by atoms with Gasteiger partial charge in [-0.3, -0.25) is 4.90 Å². The molecular weight excluding hydrogens is 192 g/mol. The van der Waals surface area contributed by atoms with Crippen LogP contribution in [0.1, 0.15) is 12.8 Å². The molecule has 3 atom stereocenters. The van der Waals surface area contributed by atoms with Gasteiger partial charge in [-0.05, 0) is 25.3 Å². The Labute approximate surface area is 91.7 Å². The number of nitrogens with zero attached hydrogens (tertiary/aromatic N) is 1. The Balaban J connectivity index is 1.83. The van der Waals surface area contributed by atoms with Crippen molar-refractivity contribution in [2.24, 2.45) is 11.7 Å². The van der Waals surface area contributed by atoms with Crippen LogP contribution in [-0.2, 0) is 9.47 Å². The predicted octanol–water partition coefficient (Wildman–Crippen LogP) is 0.0709. The minimum absolute atomic E-state index is 0.292. The van der Waals surface area contributed by atoms with Crippen LogP contribution in [0.2, 0.25) is 0 Å². The lowest BCUT2D eigenvalue weighted by atomic mass is 10.0. The van der Waals surface area contributed by atoms with E-state index >= 15 is 0 Å². The van der Waals surface area contributed by atoms with E-state index in [0.717, 1.165) is 39.3 Å². The Bertz CT molecular complexity index is 201. The van der Waals surface area contributed by atoms with Crippen molar-refractivity contribution in [2.45, 2.75) is 24.9 Å². The van der Waals surface area contributed by atoms with Crippen LogP contribution in [0.4, 0.5) is 0 Å². The highest BCUT2D eigenvalue weighted by molar-refractivity contribution is 4.89. The Morgan fingerprint density at radius 3 is 3.07 bits per heavy atom. The molecule has 88 valence electrons. The molecule has 0 aromatic carbocycles. The molecule has 2 aliphatic rings. The Kier molecular flexibility index (Phi) is 3.97. The molecule has 0 aromatic heterocycles. The second-order valence-electron chi connectivity index (χ2n) is 4.70. The molecule has 2 N–H and O–H groups in total. The van der Waals surface area contributed by atoms with Gasteiger partial charge in [0.2, 0.25) is 0 Å². The number of methoxy groups -OCH3 is 1. The molecule has 0 radical (unpaired) electrons. The fourth-order valence-corrected chi connectivity index (χ4v) is 2.65. The molecule has 0 amide bonds. The average Bonchev–Trinajstić information content (AvgIpc) is 2.68. The molecular formula is C11H22N2O2. The zero-order chi connectivity index (χ0) is 10.7. The van der Waals surface area contributed by atoms with Crippen LogP contribution in [-0.4, -0.2) is 57.0 Å². The summed E-state index contributed by atoms with van der Waals surface area (Å²) in [4.78, 5) is 2.48. The van der Waals surface area contributed by atoms with E-state index in [-0.39, 0.29) is 0 Å². The van der Waals surface area contributed by atoms with Crippen molar-refractivity contribution in [1.82, 2.24) is 4.90 Å². The summed E-state index contributed by atoms with van der Waals surface area (Å²) in [6, 6.07) is 0.723. The minimum atomic E-state index is 0.292. The van der Waals surface area contributed by atoms with E-state index in [1.807, 2.05) is 0 Å². The van der Waals surface area contributed by atoms with Crippen molar-refractivity contribution in [3.8, 4) is 0 Å². The monoisotopic (exact) mass is 214 g/mol. The molecule has 4 heteroatoms. The molecule has 2 saturated heterocycles. The second-order valence-corrected chi connectivity index (χ2v) is 4.70. The van der Waals surface area contributed by atoms with Crippen LogP contribution in [0.25, 0.3) is 0 Å². The third kappa shape index (κ3) is 2.69. The third-order valence-electron chi connectivity index (χ3n) is 3.57. The Morgan fingerprint density at radius 2 is 2.33 bits per heavy atom. The Morgan fingerprint density at radius 1 is 1.47 bits per heavy atom. The van der Waals surface area contributed by atoms with Gasteiger partial charge in [-0.15, -0.1) is 0 Å². The van der Waals surface area contributed by atoms with E-state index in [9.17, 15) is 0 Å². The van der Waals surface area contributed by atoms with Crippen LogP contribution in [0.15, 0.2) is 0 Å². The maximum atomic E-state index is 6.13. The maximum absolute atomic E-state index is 6.13. The maximum Gasteiger partial charge on any atom is 0.0636 e. The van der Waals surface area contributed by atoms with E-state index in [0.29, 0.717) is 18.0 Å². The molecule has 0 aromatic rings. The normalized spacial score (nSPS) is 38.4. The van der Waals surface area contributed by atoms with Crippen molar-refractivity contribution in [1.29, 1.82) is 0 Å². The predicted molar refractivity (Wildman–Crippen MR) is 58.8 cm³/mol. The van der Waals surface area contributed by atoms with Gasteiger partial charge in [0.15, 0.2) is 0 Å². The van der Waals surface area contributed by atoms with Crippen molar-refractivity contribution in [2.75, 3.05) is 40.0 Å². The molecule has 2 heterocycles. The summed E-state index contributed by atoms with van der Waals surface area (Å²) in [7, 11) is 1.78. The second kappa shape index (κ2) is 5.25. The molecule has 2 aliphatic heterocycles. The van der Waals surface area contributed by atoms with E-state index in [4.69, 9.17) is 15.2 Å². The van der Waals surface area contributed by atoms with Crippen LogP contribution < -0.4 is 5.73 Å². The summed E-state index contributed by atoms with van der Waals surface area (Å²) in [6.45, 7) is 4.78. The molecule has 2 rings (SSSR count). The standard InChI is InChI=1S/C11H22N2O2/c1-14-7-9-2-4-13(6-9)11-8-15-5-3-10(11)12/h9-11H,2-8,12H2,1H3. The lowest BCUT2D eigenvalue weighted by Crippen LogP contribution is -2.52. The highest BCUT2D eigenvalue weighted by Crippen LogP contribution is 2.22. The first-order valence-corrected chi connectivity index (χ1v) is 5.87. The van der Waals surface area contributed by atoms with Gasteiger partial charge in [0.1, 0.15) is 0 Å². The Hall–Kier alpha value is -0.160. The fraction of sp³-hybridized carbons (Fsp3) is 1.00. The zero-order valence-corrected chi connectivity index (χ0v) is 9.52. The molecule has 15 heavy (non-hydrogen) atoms. The van der Waals surface area contributed by atoms with E-state index < -0.39 is 0 Å². The molecule has 0 saturated carbocycles. The first-order chi connectivity index (χ1) is 7.31. The first-order valence-electron chi connectivity index (χ1n) is 5.87. The van der Waals surface area contributed by atoms with Gasteiger partial charge in [-0.25, -0.2) is 0 Å². The number of nitrogens with two attached hydrogens (primary N) is 1. The highest BCUT2D eigenvalue weighted by Gasteiger charge is 2.33. The molecule has 0 spiro atoms. The lowest BCUT2D eigenvalue weighted by Gasteiger charge is -2.35. The summed E-state index contributed by atoms with van der Waals surface area (Å²) in [6.07, 6.45) is 2.23. The molecule has 0 bridgehead atoms. The smallest absolute Gasteiger partial charge is 0.0636 e. The number of ether oxygens (including phenoxy) is 2. The average molecular weight is 214 g/mol. The lowest BCUT2D eigenvalue weighted by molar-refractivity contribution is 0.0118. The summed E-state index contributed by atoms with van der Waals surface area (Å²) in [5, 5.41) is 0. The topological polar surface area (TPSA) is 47.7 Å². The quantitative estimate of drug-likeness (QED) is 0.722. The SMILES string of the molecule is COCC1CCN(C2COCCC2N)C1. The van der Waals surface area contributed by atoms with Gasteiger partial charge < -0.3 is 15.2 Å². The minimum Gasteiger partial charge on any atom is -0.384 e. The zero-order valence-electron chi connectivity index (χ0n) is 9.52. The largest absolute Gasteiger partial charge is 0.384 e. The molecule has 0 aliphatic carbocycles. The number of hydrogen-bond donors (Lipinski definition) is 1. The van der Waals surface area contributed by atoms with Crippen molar-refractivity contribution < 1.29 is 9.47 Å². The fourth-order valence-electron chi connectivity index (χ4n) is 2.65. The third-order valence-corrected chi connectivity index (χ3v) is 3.57. The number of rotatable bonds is 3. The number of likely N-dealkylation sites (tertiary alicyclic amines) is 1. The van der Waals surface area contributed by atoms with E-state index in [2.05, 4.69) is 4.90 Å². The van der Waals surface area contributed by atoms with Crippen LogP contribution in [0.5, 0.6) is 0 Å². The highest BCUT2D eigenvalue weighted by atomic mass is 16.5. The summed E-state index contributed by atoms with van der Waals surface area (Å²) >= 11 is 0. The van der Waals surface area contributed by atoms with Crippen LogP contribution in [0, 0.1) is 5.92 Å². The van der Waals surface area contributed by atoms with Crippen LogP contribution >= 0.6 is 0 Å². The van der Waals surface area contributed by atoms with Crippen molar-refractivity contribution in [3.05, 3.63) is 0 Å². The summed E-state index contributed by atoms with van der Waals surface area (Å²) < 4.78 is 10.7. The summed E-state index contributed by atoms with van der Waals surface area (Å²) in [5.41, 5.74) is 6.13. The van der Waals surface area contributed by atoms with Gasteiger partial charge >= 0.3 is 0 Å². The van der Waals surface area contributed by atoms with Crippen molar-refractivity contribution >= 4 is 0 Å².